The molecule has 0 unspecified atom stereocenters. The van der Waals surface area contributed by atoms with E-state index < -0.39 is 10.0 Å². The molecule has 2 aromatic heterocycles. The van der Waals surface area contributed by atoms with Gasteiger partial charge in [-0.2, -0.15) is 5.10 Å². The zero-order chi connectivity index (χ0) is 14.6. The van der Waals surface area contributed by atoms with Gasteiger partial charge in [0.25, 0.3) is 0 Å². The molecule has 0 aliphatic carbocycles. The molecule has 0 aliphatic rings. The third-order valence-corrected chi connectivity index (χ3v) is 4.11. The highest BCUT2D eigenvalue weighted by atomic mass is 32.2. The Morgan fingerprint density at radius 1 is 1.45 bits per heavy atom. The van der Waals surface area contributed by atoms with Gasteiger partial charge in [-0.3, -0.25) is 4.68 Å². The quantitative estimate of drug-likeness (QED) is 0.645. The third kappa shape index (κ3) is 3.40. The van der Waals surface area contributed by atoms with Crippen molar-refractivity contribution in [2.75, 3.05) is 13.2 Å². The predicted molar refractivity (Wildman–Crippen MR) is 69.2 cm³/mol. The monoisotopic (exact) mass is 300 g/mol. The van der Waals surface area contributed by atoms with Gasteiger partial charge in [0.1, 0.15) is 17.0 Å². The lowest BCUT2D eigenvalue weighted by atomic mass is 10.4. The topological polar surface area (TPSA) is 115 Å². The summed E-state index contributed by atoms with van der Waals surface area (Å²) >= 11 is 0. The SMILES string of the molecule is Cn1cnnc1CCNS(=O)(=O)c1cnn(CCO)c1. The summed E-state index contributed by atoms with van der Waals surface area (Å²) in [7, 11) is -1.80. The molecule has 0 spiro atoms. The normalized spacial score (nSPS) is 11.9. The Kier molecular flexibility index (Phi) is 4.47. The third-order valence-electron chi connectivity index (χ3n) is 2.69. The largest absolute Gasteiger partial charge is 0.394 e. The van der Waals surface area contributed by atoms with Crippen LogP contribution in [0.25, 0.3) is 0 Å². The molecule has 2 N–H and O–H groups in total. The minimum Gasteiger partial charge on any atom is -0.394 e. The van der Waals surface area contributed by atoms with Crippen molar-refractivity contribution in [3.05, 3.63) is 24.5 Å². The molecule has 0 saturated heterocycles. The molecule has 110 valence electrons. The highest BCUT2D eigenvalue weighted by Crippen LogP contribution is 2.06. The van der Waals surface area contributed by atoms with Crippen LogP contribution in [-0.4, -0.2) is 51.2 Å². The minimum atomic E-state index is -3.60. The smallest absolute Gasteiger partial charge is 0.243 e. The summed E-state index contributed by atoms with van der Waals surface area (Å²) < 4.78 is 29.6. The van der Waals surface area contributed by atoms with Crippen LogP contribution in [0.3, 0.4) is 0 Å². The van der Waals surface area contributed by atoms with Crippen molar-refractivity contribution in [2.24, 2.45) is 7.05 Å². The number of aryl methyl sites for hydroxylation is 1. The first kappa shape index (κ1) is 14.6. The van der Waals surface area contributed by atoms with E-state index in [0.717, 1.165) is 0 Å². The van der Waals surface area contributed by atoms with Crippen LogP contribution >= 0.6 is 0 Å². The summed E-state index contributed by atoms with van der Waals surface area (Å²) in [4.78, 5) is 0.0731. The van der Waals surface area contributed by atoms with Gasteiger partial charge in [-0.15, -0.1) is 10.2 Å². The standard InChI is InChI=1S/C10H16N6O3S/c1-15-8-11-14-10(15)2-3-13-20(18,19)9-6-12-16(7-9)4-5-17/h6-8,13,17H,2-5H2,1H3. The van der Waals surface area contributed by atoms with E-state index in [2.05, 4.69) is 20.0 Å². The van der Waals surface area contributed by atoms with Crippen LogP contribution in [0.4, 0.5) is 0 Å². The molecular formula is C10H16N6O3S. The lowest BCUT2D eigenvalue weighted by Crippen LogP contribution is -2.26. The average Bonchev–Trinajstić information content (AvgIpc) is 3.00. The van der Waals surface area contributed by atoms with E-state index in [1.165, 1.54) is 17.1 Å². The molecule has 0 saturated carbocycles. The molecule has 0 fully saturated rings. The van der Waals surface area contributed by atoms with Crippen molar-refractivity contribution in [2.45, 2.75) is 17.9 Å². The number of aromatic nitrogens is 5. The number of hydrogen-bond acceptors (Lipinski definition) is 6. The van der Waals surface area contributed by atoms with E-state index in [9.17, 15) is 8.42 Å². The highest BCUT2D eigenvalue weighted by Gasteiger charge is 2.16. The van der Waals surface area contributed by atoms with Gasteiger partial charge < -0.3 is 9.67 Å². The van der Waals surface area contributed by atoms with Gasteiger partial charge >= 0.3 is 0 Å². The van der Waals surface area contributed by atoms with Crippen molar-refractivity contribution in [3.8, 4) is 0 Å². The van der Waals surface area contributed by atoms with Crippen molar-refractivity contribution in [3.63, 3.8) is 0 Å². The van der Waals surface area contributed by atoms with Gasteiger partial charge in [0, 0.05) is 26.2 Å². The summed E-state index contributed by atoms with van der Waals surface area (Å²) in [5.74, 6) is 0.698. The molecule has 0 amide bonds. The average molecular weight is 300 g/mol. The summed E-state index contributed by atoms with van der Waals surface area (Å²) in [5, 5.41) is 20.2. The molecule has 0 bridgehead atoms. The number of aliphatic hydroxyl groups excluding tert-OH is 1. The van der Waals surface area contributed by atoms with E-state index in [1.807, 2.05) is 0 Å². The number of nitrogens with one attached hydrogen (secondary N) is 1. The first-order valence-corrected chi connectivity index (χ1v) is 7.47. The summed E-state index contributed by atoms with van der Waals surface area (Å²) in [6, 6.07) is 0. The number of nitrogens with zero attached hydrogens (tertiary/aromatic N) is 5. The summed E-state index contributed by atoms with van der Waals surface area (Å²) in [6.45, 7) is 0.384. The molecule has 0 aromatic carbocycles. The molecule has 0 aliphatic heterocycles. The lowest BCUT2D eigenvalue weighted by molar-refractivity contribution is 0.269. The van der Waals surface area contributed by atoms with Crippen LogP contribution in [-0.2, 0) is 30.0 Å². The second-order valence-electron chi connectivity index (χ2n) is 4.17. The fourth-order valence-electron chi connectivity index (χ4n) is 1.62. The van der Waals surface area contributed by atoms with Crippen LogP contribution in [0.15, 0.2) is 23.6 Å². The Balaban J connectivity index is 1.95. The Morgan fingerprint density at radius 2 is 2.25 bits per heavy atom. The van der Waals surface area contributed by atoms with Gasteiger partial charge in [-0.05, 0) is 0 Å². The fourth-order valence-corrected chi connectivity index (χ4v) is 2.61. The van der Waals surface area contributed by atoms with E-state index >= 15 is 0 Å². The van der Waals surface area contributed by atoms with Gasteiger partial charge in [0.05, 0.1) is 19.3 Å². The van der Waals surface area contributed by atoms with Gasteiger partial charge in [-0.1, -0.05) is 0 Å². The molecule has 2 aromatic rings. The molecule has 2 heterocycles. The van der Waals surface area contributed by atoms with Crippen molar-refractivity contribution < 1.29 is 13.5 Å². The van der Waals surface area contributed by atoms with E-state index in [4.69, 9.17) is 5.11 Å². The Morgan fingerprint density at radius 3 is 2.90 bits per heavy atom. The van der Waals surface area contributed by atoms with Crippen molar-refractivity contribution in [1.82, 2.24) is 29.3 Å². The predicted octanol–water partition coefficient (Wildman–Crippen LogP) is -1.48. The molecule has 0 radical (unpaired) electrons. The Labute approximate surface area is 116 Å². The molecular weight excluding hydrogens is 284 g/mol. The number of hydrogen-bond donors (Lipinski definition) is 2. The van der Waals surface area contributed by atoms with Crippen molar-refractivity contribution in [1.29, 1.82) is 0 Å². The Hall–Kier alpha value is -1.78. The van der Waals surface area contributed by atoms with Gasteiger partial charge in [0.15, 0.2) is 0 Å². The van der Waals surface area contributed by atoms with E-state index in [1.54, 1.807) is 17.9 Å². The second kappa shape index (κ2) is 6.11. The molecule has 20 heavy (non-hydrogen) atoms. The van der Waals surface area contributed by atoms with Crippen molar-refractivity contribution >= 4 is 10.0 Å². The summed E-state index contributed by atoms with van der Waals surface area (Å²) in [6.07, 6.45) is 4.63. The minimum absolute atomic E-state index is 0.0731. The zero-order valence-corrected chi connectivity index (χ0v) is 11.8. The maximum absolute atomic E-state index is 12.0. The lowest BCUT2D eigenvalue weighted by Gasteiger charge is -2.04. The van der Waals surface area contributed by atoms with Crippen LogP contribution in [0, 0.1) is 0 Å². The molecule has 9 nitrogen and oxygen atoms in total. The molecule has 0 atom stereocenters. The van der Waals surface area contributed by atoms with Crippen LogP contribution in [0.2, 0.25) is 0 Å². The van der Waals surface area contributed by atoms with Crippen LogP contribution in [0.1, 0.15) is 5.82 Å². The maximum Gasteiger partial charge on any atom is 0.243 e. The van der Waals surface area contributed by atoms with Crippen LogP contribution < -0.4 is 4.72 Å². The Bertz CT molecular complexity index is 662. The zero-order valence-electron chi connectivity index (χ0n) is 11.0. The number of aliphatic hydroxyl groups is 1. The first-order chi connectivity index (χ1) is 9.53. The second-order valence-corrected chi connectivity index (χ2v) is 5.94. The first-order valence-electron chi connectivity index (χ1n) is 5.99. The van der Waals surface area contributed by atoms with E-state index in [0.29, 0.717) is 12.2 Å². The highest BCUT2D eigenvalue weighted by molar-refractivity contribution is 7.89. The number of rotatable bonds is 7. The fraction of sp³-hybridized carbons (Fsp3) is 0.500. The molecule has 10 heteroatoms. The molecule has 2 rings (SSSR count). The number of sulfonamides is 1. The maximum atomic E-state index is 12.0. The van der Waals surface area contributed by atoms with Crippen LogP contribution in [0.5, 0.6) is 0 Å². The van der Waals surface area contributed by atoms with Gasteiger partial charge in [0.2, 0.25) is 10.0 Å². The van der Waals surface area contributed by atoms with Gasteiger partial charge in [-0.25, -0.2) is 13.1 Å². The summed E-state index contributed by atoms with van der Waals surface area (Å²) in [5.41, 5.74) is 0. The van der Waals surface area contributed by atoms with E-state index in [-0.39, 0.29) is 24.6 Å².